The summed E-state index contributed by atoms with van der Waals surface area (Å²) in [6.45, 7) is 4.11. The molecule has 2 amide bonds. The summed E-state index contributed by atoms with van der Waals surface area (Å²) in [7, 11) is 0. The summed E-state index contributed by atoms with van der Waals surface area (Å²) >= 11 is 0. The van der Waals surface area contributed by atoms with E-state index in [1.807, 2.05) is 4.90 Å². The van der Waals surface area contributed by atoms with Gasteiger partial charge in [-0.25, -0.2) is 4.79 Å². The molecule has 2 rings (SSSR count). The molecule has 0 spiro atoms. The molecule has 0 bridgehead atoms. The van der Waals surface area contributed by atoms with E-state index in [0.717, 1.165) is 32.7 Å². The van der Waals surface area contributed by atoms with Gasteiger partial charge < -0.3 is 10.2 Å². The molecule has 88 valence electrons. The molecule has 0 unspecified atom stereocenters. The summed E-state index contributed by atoms with van der Waals surface area (Å²) in [5.74, 6) is 0. The number of nitrogens with one attached hydrogen (secondary N) is 1. The maximum Gasteiger partial charge on any atom is 0.317 e. The van der Waals surface area contributed by atoms with Crippen LogP contribution in [0.15, 0.2) is 0 Å². The lowest BCUT2D eigenvalue weighted by Gasteiger charge is -2.23. The molecule has 1 aliphatic carbocycles. The number of urea groups is 1. The minimum absolute atomic E-state index is 0.0519. The number of amides is 2. The van der Waals surface area contributed by atoms with E-state index in [-0.39, 0.29) is 6.03 Å². The standard InChI is InChI=1S/C11H18N4O/c12-4-1-6-14(10-2-3-10)8-9-15-7-5-13-11(15)16/h10H,1-3,5-9H2,(H,13,16). The molecule has 1 aliphatic heterocycles. The Morgan fingerprint density at radius 2 is 2.31 bits per heavy atom. The molecule has 2 aliphatic rings. The van der Waals surface area contributed by atoms with Crippen LogP contribution in [-0.4, -0.2) is 54.6 Å². The Kier molecular flexibility index (Phi) is 3.62. The lowest BCUT2D eigenvalue weighted by atomic mass is 10.3. The average Bonchev–Trinajstić information content (AvgIpc) is 3.04. The van der Waals surface area contributed by atoms with Crippen molar-refractivity contribution in [3.8, 4) is 6.07 Å². The predicted molar refractivity (Wildman–Crippen MR) is 59.8 cm³/mol. The van der Waals surface area contributed by atoms with E-state index in [2.05, 4.69) is 16.3 Å². The van der Waals surface area contributed by atoms with Crippen LogP contribution in [0.3, 0.4) is 0 Å². The topological polar surface area (TPSA) is 59.4 Å². The van der Waals surface area contributed by atoms with Crippen LogP contribution in [0.4, 0.5) is 4.79 Å². The van der Waals surface area contributed by atoms with Gasteiger partial charge in [-0.1, -0.05) is 0 Å². The quantitative estimate of drug-likeness (QED) is 0.707. The van der Waals surface area contributed by atoms with Gasteiger partial charge >= 0.3 is 6.03 Å². The molecule has 0 aromatic rings. The Bertz CT molecular complexity index is 295. The first kappa shape index (κ1) is 11.2. The first-order valence-electron chi connectivity index (χ1n) is 5.95. The van der Waals surface area contributed by atoms with Gasteiger partial charge in [-0.15, -0.1) is 0 Å². The molecule has 0 aromatic heterocycles. The molecule has 5 nitrogen and oxygen atoms in total. The van der Waals surface area contributed by atoms with Crippen molar-refractivity contribution in [3.63, 3.8) is 0 Å². The number of carbonyl (C=O) groups is 1. The molecule has 5 heteroatoms. The van der Waals surface area contributed by atoms with Gasteiger partial charge in [0.25, 0.3) is 0 Å². The van der Waals surface area contributed by atoms with Crippen LogP contribution in [0.5, 0.6) is 0 Å². The van der Waals surface area contributed by atoms with E-state index >= 15 is 0 Å². The van der Waals surface area contributed by atoms with E-state index in [9.17, 15) is 4.79 Å². The van der Waals surface area contributed by atoms with Gasteiger partial charge in [-0.3, -0.25) is 4.90 Å². The lowest BCUT2D eigenvalue weighted by Crippen LogP contribution is -2.38. The molecule has 1 N–H and O–H groups in total. The van der Waals surface area contributed by atoms with Gasteiger partial charge in [0.05, 0.1) is 6.07 Å². The Hall–Kier alpha value is -1.28. The molecular weight excluding hydrogens is 204 g/mol. The molecule has 1 heterocycles. The second kappa shape index (κ2) is 5.17. The van der Waals surface area contributed by atoms with Crippen LogP contribution in [0.1, 0.15) is 19.3 Å². The average molecular weight is 222 g/mol. The molecule has 16 heavy (non-hydrogen) atoms. The van der Waals surface area contributed by atoms with Gasteiger partial charge in [0.2, 0.25) is 0 Å². The third-order valence-electron chi connectivity index (χ3n) is 3.18. The van der Waals surface area contributed by atoms with E-state index in [1.165, 1.54) is 12.8 Å². The first-order chi connectivity index (χ1) is 7.81. The van der Waals surface area contributed by atoms with Crippen molar-refractivity contribution in [1.29, 1.82) is 5.26 Å². The predicted octanol–water partition coefficient (Wildman–Crippen LogP) is 0.390. The third kappa shape index (κ3) is 2.86. The van der Waals surface area contributed by atoms with Crippen LogP contribution in [0.2, 0.25) is 0 Å². The molecule has 1 saturated heterocycles. The maximum atomic E-state index is 11.3. The summed E-state index contributed by atoms with van der Waals surface area (Å²) in [4.78, 5) is 15.5. The number of nitrogens with zero attached hydrogens (tertiary/aromatic N) is 3. The Labute approximate surface area is 96.0 Å². The molecule has 1 saturated carbocycles. The van der Waals surface area contributed by atoms with Gasteiger partial charge in [0.1, 0.15) is 0 Å². The van der Waals surface area contributed by atoms with Crippen molar-refractivity contribution in [2.24, 2.45) is 0 Å². The highest BCUT2D eigenvalue weighted by Crippen LogP contribution is 2.26. The van der Waals surface area contributed by atoms with Gasteiger partial charge in [0, 0.05) is 45.2 Å². The zero-order valence-electron chi connectivity index (χ0n) is 9.48. The number of hydrogen-bond donors (Lipinski definition) is 1. The van der Waals surface area contributed by atoms with Crippen LogP contribution in [-0.2, 0) is 0 Å². The number of hydrogen-bond acceptors (Lipinski definition) is 3. The van der Waals surface area contributed by atoms with Gasteiger partial charge in [-0.2, -0.15) is 5.26 Å². The Morgan fingerprint density at radius 1 is 1.50 bits per heavy atom. The summed E-state index contributed by atoms with van der Waals surface area (Å²) < 4.78 is 0. The van der Waals surface area contributed by atoms with E-state index in [0.29, 0.717) is 12.5 Å². The second-order valence-electron chi connectivity index (χ2n) is 4.39. The van der Waals surface area contributed by atoms with Gasteiger partial charge in [-0.05, 0) is 12.8 Å². The summed E-state index contributed by atoms with van der Waals surface area (Å²) in [6.07, 6.45) is 3.08. The summed E-state index contributed by atoms with van der Waals surface area (Å²) in [6, 6.07) is 2.90. The normalized spacial score (nSPS) is 20.0. The second-order valence-corrected chi connectivity index (χ2v) is 4.39. The van der Waals surface area contributed by atoms with Crippen LogP contribution in [0.25, 0.3) is 0 Å². The Balaban J connectivity index is 1.73. The highest BCUT2D eigenvalue weighted by molar-refractivity contribution is 5.76. The van der Waals surface area contributed by atoms with Crippen molar-refractivity contribution >= 4 is 6.03 Å². The highest BCUT2D eigenvalue weighted by atomic mass is 16.2. The molecule has 0 radical (unpaired) electrons. The van der Waals surface area contributed by atoms with Crippen LogP contribution < -0.4 is 5.32 Å². The fraction of sp³-hybridized carbons (Fsp3) is 0.818. The largest absolute Gasteiger partial charge is 0.336 e. The fourth-order valence-corrected chi connectivity index (χ4v) is 2.08. The monoisotopic (exact) mass is 222 g/mol. The summed E-state index contributed by atoms with van der Waals surface area (Å²) in [5.41, 5.74) is 0. The number of rotatable bonds is 6. The SMILES string of the molecule is N#CCCN(CCN1CCNC1=O)C1CC1. The van der Waals surface area contributed by atoms with Crippen molar-refractivity contribution in [3.05, 3.63) is 0 Å². The maximum absolute atomic E-state index is 11.3. The van der Waals surface area contributed by atoms with E-state index in [4.69, 9.17) is 5.26 Å². The highest BCUT2D eigenvalue weighted by Gasteiger charge is 2.29. The molecule has 0 atom stereocenters. The third-order valence-corrected chi connectivity index (χ3v) is 3.18. The number of carbonyl (C=O) groups excluding carboxylic acids is 1. The minimum Gasteiger partial charge on any atom is -0.336 e. The lowest BCUT2D eigenvalue weighted by molar-refractivity contribution is 0.199. The minimum atomic E-state index is 0.0519. The molecule has 2 fully saturated rings. The Morgan fingerprint density at radius 3 is 2.88 bits per heavy atom. The summed E-state index contributed by atoms with van der Waals surface area (Å²) in [5, 5.41) is 11.4. The van der Waals surface area contributed by atoms with Crippen molar-refractivity contribution < 1.29 is 4.79 Å². The zero-order valence-corrected chi connectivity index (χ0v) is 9.48. The first-order valence-corrected chi connectivity index (χ1v) is 5.95. The molecular formula is C11H18N4O. The molecule has 0 aromatic carbocycles. The number of nitriles is 1. The van der Waals surface area contributed by atoms with E-state index < -0.39 is 0 Å². The van der Waals surface area contributed by atoms with Crippen molar-refractivity contribution in [1.82, 2.24) is 15.1 Å². The smallest absolute Gasteiger partial charge is 0.317 e. The van der Waals surface area contributed by atoms with Crippen LogP contribution in [0, 0.1) is 11.3 Å². The van der Waals surface area contributed by atoms with Crippen LogP contribution >= 0.6 is 0 Å². The van der Waals surface area contributed by atoms with Crippen molar-refractivity contribution in [2.45, 2.75) is 25.3 Å². The zero-order chi connectivity index (χ0) is 11.4. The van der Waals surface area contributed by atoms with Crippen molar-refractivity contribution in [2.75, 3.05) is 32.7 Å². The fourth-order valence-electron chi connectivity index (χ4n) is 2.08. The van der Waals surface area contributed by atoms with Gasteiger partial charge in [0.15, 0.2) is 0 Å². The van der Waals surface area contributed by atoms with E-state index in [1.54, 1.807) is 0 Å².